The Kier molecular flexibility index (Phi) is 4.80. The molecular weight excluding hydrogens is 372 g/mol. The third-order valence-corrected chi connectivity index (χ3v) is 4.11. The van der Waals surface area contributed by atoms with Crippen molar-refractivity contribution in [3.8, 4) is 0 Å². The van der Waals surface area contributed by atoms with E-state index in [0.717, 1.165) is 21.2 Å². The molecule has 3 rings (SSSR count). The number of anilines is 2. The van der Waals surface area contributed by atoms with Crippen LogP contribution in [0.15, 0.2) is 41.3 Å². The fraction of sp³-hybridized carbons (Fsp3) is 0.235. The summed E-state index contributed by atoms with van der Waals surface area (Å²) < 4.78 is 7.78. The fourth-order valence-corrected chi connectivity index (χ4v) is 3.01. The molecule has 0 aliphatic rings. The molecule has 0 saturated carbocycles. The van der Waals surface area contributed by atoms with E-state index in [9.17, 15) is 4.79 Å². The van der Waals surface area contributed by atoms with Crippen molar-refractivity contribution in [3.63, 3.8) is 0 Å². The lowest BCUT2D eigenvalue weighted by Gasteiger charge is -2.09. The van der Waals surface area contributed by atoms with Crippen LogP contribution in [0.2, 0.25) is 0 Å². The Balaban J connectivity index is 2.10. The zero-order chi connectivity index (χ0) is 17.1. The van der Waals surface area contributed by atoms with Crippen LogP contribution in [0.1, 0.15) is 29.8 Å². The largest absolute Gasteiger partial charge is 0.462 e. The van der Waals surface area contributed by atoms with Crippen molar-refractivity contribution in [2.75, 3.05) is 11.9 Å². The number of aromatic nitrogens is 3. The number of carbonyl (C=O) groups excluding carboxylic acids is 1. The normalized spacial score (nSPS) is 10.8. The van der Waals surface area contributed by atoms with Gasteiger partial charge in [-0.05, 0) is 37.1 Å². The Morgan fingerprint density at radius 1 is 1.38 bits per heavy atom. The summed E-state index contributed by atoms with van der Waals surface area (Å²) in [5.41, 5.74) is 3.07. The molecule has 2 heterocycles. The van der Waals surface area contributed by atoms with Gasteiger partial charge in [0.05, 0.1) is 12.2 Å². The van der Waals surface area contributed by atoms with Gasteiger partial charge in [0, 0.05) is 16.4 Å². The average molecular weight is 389 g/mol. The smallest absolute Gasteiger partial charge is 0.340 e. The number of hydrogen-bond donors (Lipinski definition) is 1. The summed E-state index contributed by atoms with van der Waals surface area (Å²) in [4.78, 5) is 16.5. The minimum absolute atomic E-state index is 0.336. The molecule has 0 aliphatic carbocycles. The van der Waals surface area contributed by atoms with E-state index in [1.807, 2.05) is 31.2 Å². The highest BCUT2D eigenvalue weighted by atomic mass is 79.9. The molecule has 6 nitrogen and oxygen atoms in total. The van der Waals surface area contributed by atoms with Crippen molar-refractivity contribution in [1.82, 2.24) is 14.6 Å². The second-order valence-corrected chi connectivity index (χ2v) is 6.05. The highest BCUT2D eigenvalue weighted by Crippen LogP contribution is 2.27. The van der Waals surface area contributed by atoms with E-state index >= 15 is 0 Å². The van der Waals surface area contributed by atoms with Gasteiger partial charge in [-0.25, -0.2) is 14.3 Å². The maximum absolute atomic E-state index is 12.2. The van der Waals surface area contributed by atoms with Gasteiger partial charge in [0.15, 0.2) is 5.82 Å². The standard InChI is InChI=1S/C17H17BrN4O2/c1-3-13-14(17(23)24-4-2)9-22-15(13)16(19-10-20-22)21-12-7-5-6-11(18)8-12/h5-10H,3-4H2,1-2H3,(H,19,20,21). The molecule has 1 N–H and O–H groups in total. The number of esters is 1. The van der Waals surface area contributed by atoms with Crippen LogP contribution in [0.5, 0.6) is 0 Å². The quantitative estimate of drug-likeness (QED) is 0.669. The number of aryl methyl sites for hydroxylation is 1. The molecule has 0 spiro atoms. The van der Waals surface area contributed by atoms with Gasteiger partial charge < -0.3 is 10.1 Å². The number of nitrogens with one attached hydrogen (secondary N) is 1. The van der Waals surface area contributed by atoms with Crippen LogP contribution >= 0.6 is 15.9 Å². The number of rotatable bonds is 5. The van der Waals surface area contributed by atoms with Gasteiger partial charge in [0.25, 0.3) is 0 Å². The first kappa shape index (κ1) is 16.4. The summed E-state index contributed by atoms with van der Waals surface area (Å²) in [6, 6.07) is 7.80. The molecule has 0 atom stereocenters. The molecule has 0 unspecified atom stereocenters. The first-order chi connectivity index (χ1) is 11.6. The van der Waals surface area contributed by atoms with E-state index in [4.69, 9.17) is 4.74 Å². The van der Waals surface area contributed by atoms with Gasteiger partial charge in [0.1, 0.15) is 11.8 Å². The topological polar surface area (TPSA) is 68.5 Å². The van der Waals surface area contributed by atoms with E-state index in [1.165, 1.54) is 6.33 Å². The van der Waals surface area contributed by atoms with E-state index in [0.29, 0.717) is 24.4 Å². The third kappa shape index (κ3) is 3.12. The van der Waals surface area contributed by atoms with Crippen molar-refractivity contribution in [1.29, 1.82) is 0 Å². The molecule has 0 amide bonds. The van der Waals surface area contributed by atoms with Crippen molar-refractivity contribution >= 4 is 38.9 Å². The minimum Gasteiger partial charge on any atom is -0.462 e. The molecule has 24 heavy (non-hydrogen) atoms. The molecule has 124 valence electrons. The van der Waals surface area contributed by atoms with Crippen molar-refractivity contribution < 1.29 is 9.53 Å². The van der Waals surface area contributed by atoms with Gasteiger partial charge in [-0.1, -0.05) is 28.9 Å². The van der Waals surface area contributed by atoms with Gasteiger partial charge in [-0.2, -0.15) is 5.10 Å². The van der Waals surface area contributed by atoms with Crippen LogP contribution in [-0.4, -0.2) is 27.2 Å². The molecule has 0 bridgehead atoms. The maximum atomic E-state index is 12.2. The van der Waals surface area contributed by atoms with E-state index in [1.54, 1.807) is 17.6 Å². The highest BCUT2D eigenvalue weighted by molar-refractivity contribution is 9.10. The number of carbonyl (C=O) groups is 1. The van der Waals surface area contributed by atoms with Crippen LogP contribution in [0.4, 0.5) is 11.5 Å². The molecule has 7 heteroatoms. The van der Waals surface area contributed by atoms with Gasteiger partial charge >= 0.3 is 5.97 Å². The van der Waals surface area contributed by atoms with Crippen LogP contribution in [0, 0.1) is 0 Å². The highest BCUT2D eigenvalue weighted by Gasteiger charge is 2.20. The lowest BCUT2D eigenvalue weighted by Crippen LogP contribution is -2.06. The molecule has 0 fully saturated rings. The van der Waals surface area contributed by atoms with Crippen LogP contribution < -0.4 is 5.32 Å². The average Bonchev–Trinajstić information content (AvgIpc) is 2.95. The van der Waals surface area contributed by atoms with E-state index < -0.39 is 0 Å². The predicted octanol–water partition coefficient (Wildman–Crippen LogP) is 3.97. The van der Waals surface area contributed by atoms with Gasteiger partial charge in [-0.15, -0.1) is 0 Å². The summed E-state index contributed by atoms with van der Waals surface area (Å²) in [6.45, 7) is 4.12. The fourth-order valence-electron chi connectivity index (χ4n) is 2.61. The molecule has 3 aromatic rings. The number of ether oxygens (including phenoxy) is 1. The lowest BCUT2D eigenvalue weighted by atomic mass is 10.1. The van der Waals surface area contributed by atoms with Crippen molar-refractivity contribution in [3.05, 3.63) is 52.4 Å². The number of fused-ring (bicyclic) bond motifs is 1. The number of halogens is 1. The second-order valence-electron chi connectivity index (χ2n) is 5.13. The number of hydrogen-bond acceptors (Lipinski definition) is 5. The summed E-state index contributed by atoms with van der Waals surface area (Å²) in [5.74, 6) is 0.309. The van der Waals surface area contributed by atoms with E-state index in [2.05, 4.69) is 31.3 Å². The first-order valence-electron chi connectivity index (χ1n) is 7.69. The molecule has 1 aromatic carbocycles. The van der Waals surface area contributed by atoms with Crippen molar-refractivity contribution in [2.24, 2.45) is 0 Å². The maximum Gasteiger partial charge on any atom is 0.340 e. The lowest BCUT2D eigenvalue weighted by molar-refractivity contribution is 0.0525. The van der Waals surface area contributed by atoms with Gasteiger partial charge in [-0.3, -0.25) is 0 Å². The predicted molar refractivity (Wildman–Crippen MR) is 95.7 cm³/mol. The monoisotopic (exact) mass is 388 g/mol. The minimum atomic E-state index is -0.340. The molecule has 0 radical (unpaired) electrons. The van der Waals surface area contributed by atoms with Crippen LogP contribution in [0.25, 0.3) is 5.52 Å². The molecular formula is C17H17BrN4O2. The third-order valence-electron chi connectivity index (χ3n) is 3.61. The summed E-state index contributed by atoms with van der Waals surface area (Å²) >= 11 is 3.45. The Morgan fingerprint density at radius 2 is 2.21 bits per heavy atom. The number of nitrogens with zero attached hydrogens (tertiary/aromatic N) is 3. The second kappa shape index (κ2) is 7.00. The molecule has 0 saturated heterocycles. The zero-order valence-corrected chi connectivity index (χ0v) is 15.0. The Bertz CT molecular complexity index is 891. The van der Waals surface area contributed by atoms with Crippen LogP contribution in [-0.2, 0) is 11.2 Å². The Hall–Kier alpha value is -2.41. The van der Waals surface area contributed by atoms with Gasteiger partial charge in [0.2, 0.25) is 0 Å². The Morgan fingerprint density at radius 3 is 2.92 bits per heavy atom. The number of benzene rings is 1. The van der Waals surface area contributed by atoms with Crippen LogP contribution in [0.3, 0.4) is 0 Å². The molecule has 0 aliphatic heterocycles. The zero-order valence-electron chi connectivity index (χ0n) is 13.4. The Labute approximate surface area is 148 Å². The SMILES string of the molecule is CCOC(=O)c1cn2ncnc(Nc3cccc(Br)c3)c2c1CC. The first-order valence-corrected chi connectivity index (χ1v) is 8.48. The molecule has 2 aromatic heterocycles. The van der Waals surface area contributed by atoms with E-state index in [-0.39, 0.29) is 5.97 Å². The summed E-state index contributed by atoms with van der Waals surface area (Å²) in [5, 5.41) is 7.51. The van der Waals surface area contributed by atoms with Crippen molar-refractivity contribution in [2.45, 2.75) is 20.3 Å². The summed E-state index contributed by atoms with van der Waals surface area (Å²) in [7, 11) is 0. The summed E-state index contributed by atoms with van der Waals surface area (Å²) in [6.07, 6.45) is 3.83.